The van der Waals surface area contributed by atoms with E-state index in [1.54, 1.807) is 0 Å². The smallest absolute Gasteiger partial charge is 0.0388 e. The molecule has 1 radical (unpaired) electrons. The highest BCUT2D eigenvalue weighted by molar-refractivity contribution is 4.77. The van der Waals surface area contributed by atoms with Gasteiger partial charge < -0.3 is 0 Å². The maximum atomic E-state index is 3.92. The lowest BCUT2D eigenvalue weighted by atomic mass is 9.77. The third-order valence-electron chi connectivity index (χ3n) is 1.80. The summed E-state index contributed by atoms with van der Waals surface area (Å²) < 4.78 is 0. The van der Waals surface area contributed by atoms with Crippen LogP contribution in [0.3, 0.4) is 0 Å². The van der Waals surface area contributed by atoms with Crippen molar-refractivity contribution >= 4 is 0 Å². The molecule has 0 unspecified atom stereocenters. The fraction of sp³-hybridized carbons (Fsp3) is 0.833. The van der Waals surface area contributed by atoms with Gasteiger partial charge in [0.05, 0.1) is 0 Å². The van der Waals surface area contributed by atoms with Crippen LogP contribution in [0.4, 0.5) is 0 Å². The second-order valence-electron chi connectivity index (χ2n) is 2.31. The van der Waals surface area contributed by atoms with Gasteiger partial charge in [0, 0.05) is 0 Å². The predicted molar refractivity (Wildman–Crippen MR) is 27.2 cm³/mol. The Balaban J connectivity index is 2.20. The Hall–Kier alpha value is 0. The Morgan fingerprint density at radius 2 is 2.00 bits per heavy atom. The Kier molecular flexibility index (Phi) is 0.868. The highest BCUT2D eigenvalue weighted by atomic mass is 14.3. The molecule has 6 heavy (non-hydrogen) atoms. The minimum Gasteiger partial charge on any atom is -0.0622 e. The largest absolute Gasteiger partial charge is 0.0622 e. The van der Waals surface area contributed by atoms with Gasteiger partial charge in [-0.05, 0) is 25.2 Å². The van der Waals surface area contributed by atoms with Crippen LogP contribution in [0.1, 0.15) is 19.8 Å². The van der Waals surface area contributed by atoms with Gasteiger partial charge in [0.1, 0.15) is 0 Å². The third-order valence-corrected chi connectivity index (χ3v) is 1.80. The maximum Gasteiger partial charge on any atom is -0.0388 e. The van der Waals surface area contributed by atoms with E-state index in [1.165, 1.54) is 12.8 Å². The Morgan fingerprint density at radius 3 is 2.00 bits per heavy atom. The van der Waals surface area contributed by atoms with Gasteiger partial charge in [-0.1, -0.05) is 13.3 Å². The topological polar surface area (TPSA) is 0 Å². The van der Waals surface area contributed by atoms with Crippen molar-refractivity contribution in [2.45, 2.75) is 19.8 Å². The van der Waals surface area contributed by atoms with Crippen LogP contribution in [0.15, 0.2) is 0 Å². The van der Waals surface area contributed by atoms with Gasteiger partial charge >= 0.3 is 0 Å². The normalized spacial score (nSPS) is 45.0. The van der Waals surface area contributed by atoms with Crippen LogP contribution in [-0.2, 0) is 0 Å². The van der Waals surface area contributed by atoms with E-state index in [-0.39, 0.29) is 0 Å². The lowest BCUT2D eigenvalue weighted by Gasteiger charge is -2.29. The van der Waals surface area contributed by atoms with Crippen molar-refractivity contribution in [3.63, 3.8) is 0 Å². The molecule has 0 spiro atoms. The predicted octanol–water partition coefficient (Wildman–Crippen LogP) is 1.87. The third kappa shape index (κ3) is 0.444. The average Bonchev–Trinajstić information content (AvgIpc) is 1.61. The van der Waals surface area contributed by atoms with Gasteiger partial charge in [-0.15, -0.1) is 0 Å². The summed E-state index contributed by atoms with van der Waals surface area (Å²) in [6.07, 6.45) is 2.77. The first kappa shape index (κ1) is 4.17. The van der Waals surface area contributed by atoms with E-state index < -0.39 is 0 Å². The highest BCUT2D eigenvalue weighted by Crippen LogP contribution is 2.31. The van der Waals surface area contributed by atoms with Crippen LogP contribution in [0, 0.1) is 18.8 Å². The molecule has 35 valence electrons. The summed E-state index contributed by atoms with van der Waals surface area (Å²) in [5.74, 6) is 1.70. The quantitative estimate of drug-likeness (QED) is 0.419. The van der Waals surface area contributed by atoms with E-state index in [2.05, 4.69) is 13.8 Å². The Morgan fingerprint density at radius 1 is 1.50 bits per heavy atom. The van der Waals surface area contributed by atoms with Crippen LogP contribution in [-0.4, -0.2) is 0 Å². The van der Waals surface area contributed by atoms with Gasteiger partial charge in [-0.25, -0.2) is 0 Å². The van der Waals surface area contributed by atoms with Gasteiger partial charge in [-0.3, -0.25) is 0 Å². The molecule has 0 N–H and O–H groups in total. The molecule has 1 aliphatic rings. The van der Waals surface area contributed by atoms with E-state index in [0.29, 0.717) is 0 Å². The van der Waals surface area contributed by atoms with Crippen LogP contribution < -0.4 is 0 Å². The molecule has 0 aromatic heterocycles. The summed E-state index contributed by atoms with van der Waals surface area (Å²) in [6, 6.07) is 0. The lowest BCUT2D eigenvalue weighted by Crippen LogP contribution is -2.19. The highest BCUT2D eigenvalue weighted by Gasteiger charge is 2.20. The SMILES string of the molecule is [CH2][C@H]1CC[C@@H]1C. The fourth-order valence-electron chi connectivity index (χ4n) is 0.736. The number of hydrogen-bond acceptors (Lipinski definition) is 0. The molecule has 2 atom stereocenters. The molecule has 0 saturated heterocycles. The second kappa shape index (κ2) is 1.25. The molecule has 0 heterocycles. The molecular weight excluding hydrogens is 72.1 g/mol. The first-order valence-corrected chi connectivity index (χ1v) is 2.64. The molecule has 1 rings (SSSR count). The van der Waals surface area contributed by atoms with Crippen molar-refractivity contribution in [1.29, 1.82) is 0 Å². The van der Waals surface area contributed by atoms with Crippen molar-refractivity contribution in [1.82, 2.24) is 0 Å². The van der Waals surface area contributed by atoms with Crippen LogP contribution in [0.2, 0.25) is 0 Å². The minimum absolute atomic E-state index is 0.782. The van der Waals surface area contributed by atoms with Crippen molar-refractivity contribution < 1.29 is 0 Å². The second-order valence-corrected chi connectivity index (χ2v) is 2.31. The molecule has 0 bridgehead atoms. The Labute approximate surface area is 39.6 Å². The fourth-order valence-corrected chi connectivity index (χ4v) is 0.736. The summed E-state index contributed by atoms with van der Waals surface area (Å²) in [7, 11) is 0. The molecule has 0 aliphatic heterocycles. The summed E-state index contributed by atoms with van der Waals surface area (Å²) in [6.45, 7) is 6.19. The van der Waals surface area contributed by atoms with Crippen molar-refractivity contribution in [2.24, 2.45) is 11.8 Å². The van der Waals surface area contributed by atoms with Crippen LogP contribution in [0.25, 0.3) is 0 Å². The molecule has 1 saturated carbocycles. The lowest BCUT2D eigenvalue weighted by molar-refractivity contribution is 0.248. The van der Waals surface area contributed by atoms with Crippen LogP contribution in [0.5, 0.6) is 0 Å². The minimum atomic E-state index is 0.782. The maximum absolute atomic E-state index is 3.92. The summed E-state index contributed by atoms with van der Waals surface area (Å²) >= 11 is 0. The van der Waals surface area contributed by atoms with Crippen molar-refractivity contribution in [3.05, 3.63) is 6.92 Å². The molecule has 0 amide bonds. The molecule has 1 fully saturated rings. The average molecular weight is 83.2 g/mol. The zero-order valence-corrected chi connectivity index (χ0v) is 4.28. The van der Waals surface area contributed by atoms with Gasteiger partial charge in [0.15, 0.2) is 0 Å². The summed E-state index contributed by atoms with van der Waals surface area (Å²) in [5, 5.41) is 0. The van der Waals surface area contributed by atoms with Gasteiger partial charge in [0.25, 0.3) is 0 Å². The molecule has 0 aromatic rings. The van der Waals surface area contributed by atoms with Gasteiger partial charge in [0.2, 0.25) is 0 Å². The van der Waals surface area contributed by atoms with E-state index in [1.807, 2.05) is 0 Å². The van der Waals surface area contributed by atoms with E-state index >= 15 is 0 Å². The summed E-state index contributed by atoms with van der Waals surface area (Å²) in [5.41, 5.74) is 0. The van der Waals surface area contributed by atoms with Crippen molar-refractivity contribution in [3.8, 4) is 0 Å². The first-order chi connectivity index (χ1) is 2.80. The standard InChI is InChI=1S/C6H11/c1-5-3-4-6(5)2/h5-6H,1,3-4H2,2H3/t5-,6-/m0/s1. The molecule has 0 aromatic carbocycles. The molecular formula is C6H11. The zero-order chi connectivity index (χ0) is 4.57. The molecule has 0 heteroatoms. The first-order valence-electron chi connectivity index (χ1n) is 2.64. The molecule has 1 aliphatic carbocycles. The van der Waals surface area contributed by atoms with E-state index in [0.717, 1.165) is 11.8 Å². The van der Waals surface area contributed by atoms with Crippen molar-refractivity contribution in [2.75, 3.05) is 0 Å². The van der Waals surface area contributed by atoms with Crippen LogP contribution >= 0.6 is 0 Å². The number of hydrogen-bond donors (Lipinski definition) is 0. The monoisotopic (exact) mass is 83.1 g/mol. The van der Waals surface area contributed by atoms with Gasteiger partial charge in [-0.2, -0.15) is 0 Å². The Bertz CT molecular complexity index is 40.0. The zero-order valence-electron chi connectivity index (χ0n) is 4.28. The number of rotatable bonds is 0. The molecule has 0 nitrogen and oxygen atoms in total. The van der Waals surface area contributed by atoms with E-state index in [9.17, 15) is 0 Å². The summed E-state index contributed by atoms with van der Waals surface area (Å²) in [4.78, 5) is 0. The van der Waals surface area contributed by atoms with E-state index in [4.69, 9.17) is 0 Å².